The molecule has 1 fully saturated rings. The third kappa shape index (κ3) is 4.14. The number of alkyl halides is 3. The first-order valence-electron chi connectivity index (χ1n) is 10.2. The van der Waals surface area contributed by atoms with E-state index in [4.69, 9.17) is 1.37 Å². The second kappa shape index (κ2) is 7.21. The Morgan fingerprint density at radius 2 is 1.86 bits per heavy atom. The SMILES string of the molecule is [2H]c1cc(C(F)(F)F)ccc1-c1cc(C2CC2)cc2cc(C(=O)NC(C)C)ccc12. The first kappa shape index (κ1) is 18.2. The summed E-state index contributed by atoms with van der Waals surface area (Å²) < 4.78 is 47.3. The molecule has 0 unspecified atom stereocenters. The molecule has 3 aromatic rings. The summed E-state index contributed by atoms with van der Waals surface area (Å²) in [6, 6.07) is 12.5. The smallest absolute Gasteiger partial charge is 0.350 e. The number of hydrogen-bond acceptors (Lipinski definition) is 1. The molecule has 2 nitrogen and oxygen atoms in total. The molecule has 1 aliphatic rings. The minimum atomic E-state index is -4.48. The average Bonchev–Trinajstić information content (AvgIpc) is 3.50. The summed E-state index contributed by atoms with van der Waals surface area (Å²) in [5, 5.41) is 4.54. The lowest BCUT2D eigenvalue weighted by molar-refractivity contribution is -0.137. The predicted molar refractivity (Wildman–Crippen MR) is 109 cm³/mol. The number of benzene rings is 3. The number of hydrogen-bond donors (Lipinski definition) is 1. The number of carbonyl (C=O) groups is 1. The molecular weight excluding hydrogens is 375 g/mol. The largest absolute Gasteiger partial charge is 0.416 e. The van der Waals surface area contributed by atoms with E-state index < -0.39 is 11.7 Å². The Bertz CT molecular complexity index is 1130. The van der Waals surface area contributed by atoms with Crippen LogP contribution in [0.5, 0.6) is 0 Å². The summed E-state index contributed by atoms with van der Waals surface area (Å²) in [7, 11) is 0. The van der Waals surface area contributed by atoms with Gasteiger partial charge >= 0.3 is 6.18 Å². The first-order chi connectivity index (χ1) is 14.1. The van der Waals surface area contributed by atoms with E-state index >= 15 is 0 Å². The molecule has 0 spiro atoms. The second-order valence-electron chi connectivity index (χ2n) is 7.90. The van der Waals surface area contributed by atoms with Gasteiger partial charge in [0.2, 0.25) is 0 Å². The number of halogens is 3. The summed E-state index contributed by atoms with van der Waals surface area (Å²) in [5.41, 5.74) is 1.98. The van der Waals surface area contributed by atoms with Crippen LogP contribution in [0.2, 0.25) is 0 Å². The number of amides is 1. The molecule has 0 atom stereocenters. The van der Waals surface area contributed by atoms with Gasteiger partial charge in [0.05, 0.1) is 6.93 Å². The van der Waals surface area contributed by atoms with Gasteiger partial charge in [-0.15, -0.1) is 0 Å². The van der Waals surface area contributed by atoms with Gasteiger partial charge in [-0.1, -0.05) is 30.3 Å². The number of rotatable bonds is 4. The van der Waals surface area contributed by atoms with Gasteiger partial charge in [0.15, 0.2) is 0 Å². The van der Waals surface area contributed by atoms with Gasteiger partial charge in [-0.2, -0.15) is 13.2 Å². The molecule has 29 heavy (non-hydrogen) atoms. The van der Waals surface area contributed by atoms with Crippen LogP contribution in [0, 0.1) is 0 Å². The first-order valence-corrected chi connectivity index (χ1v) is 9.70. The highest BCUT2D eigenvalue weighted by Crippen LogP contribution is 2.43. The van der Waals surface area contributed by atoms with Crippen molar-refractivity contribution in [1.29, 1.82) is 0 Å². The summed E-state index contributed by atoms with van der Waals surface area (Å²) in [6.45, 7) is 3.78. The Hall–Kier alpha value is -2.82. The van der Waals surface area contributed by atoms with E-state index in [-0.39, 0.29) is 18.0 Å². The zero-order valence-corrected chi connectivity index (χ0v) is 16.2. The summed E-state index contributed by atoms with van der Waals surface area (Å²) in [4.78, 5) is 12.4. The quantitative estimate of drug-likeness (QED) is 0.531. The Morgan fingerprint density at radius 3 is 2.48 bits per heavy atom. The minimum Gasteiger partial charge on any atom is -0.350 e. The summed E-state index contributed by atoms with van der Waals surface area (Å²) in [6.07, 6.45) is -2.34. The molecule has 0 aromatic heterocycles. The van der Waals surface area contributed by atoms with Crippen molar-refractivity contribution in [2.45, 2.75) is 44.8 Å². The molecule has 0 radical (unpaired) electrons. The molecular formula is C24H22F3NO. The summed E-state index contributed by atoms with van der Waals surface area (Å²) >= 11 is 0. The maximum Gasteiger partial charge on any atom is 0.416 e. The van der Waals surface area contributed by atoms with Crippen molar-refractivity contribution in [2.24, 2.45) is 0 Å². The Labute approximate surface area is 169 Å². The van der Waals surface area contributed by atoms with E-state index in [0.717, 1.165) is 46.9 Å². The Kier molecular flexibility index (Phi) is 4.53. The monoisotopic (exact) mass is 398 g/mol. The minimum absolute atomic E-state index is 0.0135. The molecule has 1 aliphatic carbocycles. The van der Waals surface area contributed by atoms with Gasteiger partial charge < -0.3 is 5.32 Å². The topological polar surface area (TPSA) is 29.1 Å². The van der Waals surface area contributed by atoms with Gasteiger partial charge in [-0.05, 0) is 84.3 Å². The van der Waals surface area contributed by atoms with Crippen molar-refractivity contribution in [3.63, 3.8) is 0 Å². The molecule has 0 aliphatic heterocycles. The normalized spacial score (nSPS) is 14.9. The fourth-order valence-corrected chi connectivity index (χ4v) is 3.52. The number of fused-ring (bicyclic) bond motifs is 1. The van der Waals surface area contributed by atoms with Crippen LogP contribution in [0.1, 0.15) is 55.5 Å². The van der Waals surface area contributed by atoms with Crippen molar-refractivity contribution >= 4 is 16.7 Å². The predicted octanol–water partition coefficient (Wildman–Crippen LogP) is 6.54. The van der Waals surface area contributed by atoms with Crippen molar-refractivity contribution in [2.75, 3.05) is 0 Å². The molecule has 150 valence electrons. The third-order valence-corrected chi connectivity index (χ3v) is 5.14. The zero-order valence-electron chi connectivity index (χ0n) is 17.2. The molecule has 3 aromatic carbocycles. The molecule has 0 heterocycles. The van der Waals surface area contributed by atoms with Crippen molar-refractivity contribution in [1.82, 2.24) is 5.32 Å². The van der Waals surface area contributed by atoms with E-state index in [1.165, 1.54) is 6.07 Å². The van der Waals surface area contributed by atoms with Crippen LogP contribution < -0.4 is 5.32 Å². The van der Waals surface area contributed by atoms with Crippen LogP contribution >= 0.6 is 0 Å². The lowest BCUT2D eigenvalue weighted by Crippen LogP contribution is -2.29. The maximum atomic E-state index is 13.0. The highest BCUT2D eigenvalue weighted by molar-refractivity contribution is 6.03. The molecule has 5 heteroatoms. The van der Waals surface area contributed by atoms with E-state index in [1.54, 1.807) is 6.07 Å². The van der Waals surface area contributed by atoms with Gasteiger partial charge in [-0.3, -0.25) is 4.79 Å². The Morgan fingerprint density at radius 1 is 1.10 bits per heavy atom. The van der Waals surface area contributed by atoms with E-state index in [9.17, 15) is 18.0 Å². The van der Waals surface area contributed by atoms with Crippen LogP contribution in [0.4, 0.5) is 13.2 Å². The highest BCUT2D eigenvalue weighted by Gasteiger charge is 2.30. The van der Waals surface area contributed by atoms with Crippen molar-refractivity contribution < 1.29 is 19.3 Å². The number of nitrogens with one attached hydrogen (secondary N) is 1. The van der Waals surface area contributed by atoms with Gasteiger partial charge in [0.25, 0.3) is 5.91 Å². The van der Waals surface area contributed by atoms with Gasteiger partial charge in [-0.25, -0.2) is 0 Å². The van der Waals surface area contributed by atoms with Crippen molar-refractivity contribution in [3.8, 4) is 11.1 Å². The maximum absolute atomic E-state index is 13.0. The lowest BCUT2D eigenvalue weighted by atomic mass is 9.92. The van der Waals surface area contributed by atoms with E-state index in [1.807, 2.05) is 32.0 Å². The number of carbonyl (C=O) groups excluding carboxylic acids is 1. The molecule has 1 N–H and O–H groups in total. The third-order valence-electron chi connectivity index (χ3n) is 5.14. The molecule has 0 bridgehead atoms. The summed E-state index contributed by atoms with van der Waals surface area (Å²) in [5.74, 6) is 0.255. The lowest BCUT2D eigenvalue weighted by Gasteiger charge is -2.14. The molecule has 0 saturated heterocycles. The van der Waals surface area contributed by atoms with Crippen LogP contribution in [0.3, 0.4) is 0 Å². The Balaban J connectivity index is 1.86. The fraction of sp³-hybridized carbons (Fsp3) is 0.292. The van der Waals surface area contributed by atoms with E-state index in [2.05, 4.69) is 11.4 Å². The van der Waals surface area contributed by atoms with Gasteiger partial charge in [0.1, 0.15) is 0 Å². The standard InChI is InChI=1S/C24H22F3NO/c1-14(2)28-23(29)17-7-10-21-19(11-17)12-18(15-3-4-15)13-22(21)16-5-8-20(9-6-16)24(25,26)27/h5-15H,3-4H2,1-2H3,(H,28,29)/i5D. The zero-order chi connectivity index (χ0) is 21.6. The second-order valence-corrected chi connectivity index (χ2v) is 7.90. The average molecular weight is 398 g/mol. The fourth-order valence-electron chi connectivity index (χ4n) is 3.52. The van der Waals surface area contributed by atoms with Crippen LogP contribution in [-0.2, 0) is 6.18 Å². The molecule has 1 saturated carbocycles. The van der Waals surface area contributed by atoms with Crippen LogP contribution in [0.25, 0.3) is 21.9 Å². The van der Waals surface area contributed by atoms with E-state index in [0.29, 0.717) is 17.0 Å². The molecule has 4 rings (SSSR count). The molecule has 1 amide bonds. The van der Waals surface area contributed by atoms with Crippen LogP contribution in [0.15, 0.2) is 54.6 Å². The van der Waals surface area contributed by atoms with Crippen LogP contribution in [-0.4, -0.2) is 11.9 Å². The van der Waals surface area contributed by atoms with Crippen molar-refractivity contribution in [3.05, 3.63) is 71.3 Å². The van der Waals surface area contributed by atoms with Gasteiger partial charge in [0, 0.05) is 11.6 Å². The highest BCUT2D eigenvalue weighted by atomic mass is 19.4.